The van der Waals surface area contributed by atoms with E-state index < -0.39 is 136 Å². The van der Waals surface area contributed by atoms with E-state index in [0.717, 1.165) is 42.9 Å². The molecule has 0 aromatic heterocycles. The van der Waals surface area contributed by atoms with Crippen LogP contribution in [0.5, 0.6) is 0 Å². The van der Waals surface area contributed by atoms with E-state index in [0.29, 0.717) is 23.7 Å². The summed E-state index contributed by atoms with van der Waals surface area (Å²) in [5.41, 5.74) is 26.9. The Balaban J connectivity index is 0.847. The van der Waals surface area contributed by atoms with Crippen LogP contribution in [0.4, 0.5) is 4.79 Å². The molecule has 3 saturated heterocycles. The molecular weight excluding hydrogens is 939 g/mol. The van der Waals surface area contributed by atoms with Crippen molar-refractivity contribution in [3.8, 4) is 0 Å². The highest BCUT2D eigenvalue weighted by atomic mass is 16.8. The maximum absolute atomic E-state index is 13.4. The molecule has 0 aromatic carbocycles. The third-order valence-electron chi connectivity index (χ3n) is 19.1. The number of allylic oxidation sites excluding steroid dienone is 1. The van der Waals surface area contributed by atoms with Gasteiger partial charge >= 0.3 is 6.09 Å². The predicted molar refractivity (Wildman–Crippen MR) is 259 cm³/mol. The summed E-state index contributed by atoms with van der Waals surface area (Å²) >= 11 is 0. The largest absolute Gasteiger partial charge is 0.446 e. The smallest absolute Gasteiger partial charge is 0.407 e. The average molecular weight is 1030 g/mol. The third kappa shape index (κ3) is 11.0. The number of aliphatic hydroxyl groups excluding tert-OH is 8. The maximum atomic E-state index is 13.4. The Morgan fingerprint density at radius 1 is 0.708 bits per heavy atom. The molecule has 0 bridgehead atoms. The second-order valence-corrected chi connectivity index (χ2v) is 23.9. The van der Waals surface area contributed by atoms with Crippen LogP contribution in [0.3, 0.4) is 0 Å². The van der Waals surface area contributed by atoms with Gasteiger partial charge in [-0.3, -0.25) is 0 Å². The number of carbonyl (C=O) groups excluding carboxylic acids is 1. The van der Waals surface area contributed by atoms with Gasteiger partial charge in [0.2, 0.25) is 0 Å². The van der Waals surface area contributed by atoms with Crippen LogP contribution in [0.2, 0.25) is 0 Å². The van der Waals surface area contributed by atoms with Crippen LogP contribution in [0, 0.1) is 46.3 Å². The van der Waals surface area contributed by atoms with E-state index in [4.69, 9.17) is 56.1 Å². The zero-order valence-electron chi connectivity index (χ0n) is 42.8. The van der Waals surface area contributed by atoms with E-state index in [1.54, 1.807) is 0 Å². The summed E-state index contributed by atoms with van der Waals surface area (Å²) in [4.78, 5) is 13.4. The average Bonchev–Trinajstić information content (AvgIpc) is 3.86. The molecule has 0 radical (unpaired) electrons. The quantitative estimate of drug-likeness (QED) is 0.0852. The molecule has 21 nitrogen and oxygen atoms in total. The highest BCUT2D eigenvalue weighted by Crippen LogP contribution is 2.67. The molecule has 414 valence electrons. The van der Waals surface area contributed by atoms with Crippen molar-refractivity contribution < 1.29 is 78.8 Å². The minimum absolute atomic E-state index is 0.0398. The van der Waals surface area contributed by atoms with E-state index in [1.165, 1.54) is 50.5 Å². The number of hydrogen-bond acceptors (Lipinski definition) is 20. The molecule has 5 aliphatic carbocycles. The molecule has 1 amide bonds. The number of rotatable bonds is 16. The molecule has 21 heteroatoms. The number of nitrogens with two attached hydrogens (primary N) is 4. The number of ether oxygens (including phenoxy) is 7. The summed E-state index contributed by atoms with van der Waals surface area (Å²) in [6.45, 7) is 10.5. The number of aliphatic hydroxyl groups is 8. The summed E-state index contributed by atoms with van der Waals surface area (Å²) in [7, 11) is 0. The van der Waals surface area contributed by atoms with E-state index >= 15 is 0 Å². The fraction of sp³-hybridized carbons (Fsp3) is 0.941. The minimum Gasteiger partial charge on any atom is -0.446 e. The number of carbonyl (C=O) groups is 1. The van der Waals surface area contributed by atoms with Gasteiger partial charge in [0.15, 0.2) is 18.9 Å². The second-order valence-electron chi connectivity index (χ2n) is 23.9. The van der Waals surface area contributed by atoms with Gasteiger partial charge in [0, 0.05) is 25.0 Å². The van der Waals surface area contributed by atoms with E-state index in [-0.39, 0.29) is 24.5 Å². The topological polar surface area (TPSA) is 360 Å². The molecule has 3 aliphatic heterocycles. The lowest BCUT2D eigenvalue weighted by Crippen LogP contribution is -2.68. The predicted octanol–water partition coefficient (Wildman–Crippen LogP) is -0.684. The Bertz CT molecular complexity index is 1840. The molecule has 17 N–H and O–H groups in total. The van der Waals surface area contributed by atoms with Gasteiger partial charge in [0.05, 0.1) is 31.4 Å². The zero-order valence-corrected chi connectivity index (χ0v) is 42.8. The van der Waals surface area contributed by atoms with Gasteiger partial charge in [0.1, 0.15) is 73.2 Å². The third-order valence-corrected chi connectivity index (χ3v) is 19.1. The first-order valence-corrected chi connectivity index (χ1v) is 27.0. The Morgan fingerprint density at radius 2 is 1.33 bits per heavy atom. The number of fused-ring (bicyclic) bond motifs is 5. The highest BCUT2D eigenvalue weighted by molar-refractivity contribution is 5.67. The molecule has 27 atom stereocenters. The Hall–Kier alpha value is -1.71. The molecule has 8 aliphatic rings. The lowest BCUT2D eigenvalue weighted by molar-refractivity contribution is -0.310. The second kappa shape index (κ2) is 23.1. The maximum Gasteiger partial charge on any atom is 0.407 e. The van der Waals surface area contributed by atoms with Gasteiger partial charge in [-0.05, 0) is 97.7 Å². The molecule has 0 spiro atoms. The van der Waals surface area contributed by atoms with Crippen LogP contribution in [0.15, 0.2) is 11.6 Å². The Kier molecular flexibility index (Phi) is 18.1. The van der Waals surface area contributed by atoms with Crippen LogP contribution in [0.1, 0.15) is 112 Å². The first kappa shape index (κ1) is 56.5. The van der Waals surface area contributed by atoms with Crippen molar-refractivity contribution in [1.29, 1.82) is 0 Å². The van der Waals surface area contributed by atoms with Crippen molar-refractivity contribution in [1.82, 2.24) is 5.32 Å². The van der Waals surface area contributed by atoms with Gasteiger partial charge < -0.3 is 102 Å². The van der Waals surface area contributed by atoms with Crippen LogP contribution < -0.4 is 28.3 Å². The van der Waals surface area contributed by atoms with Crippen molar-refractivity contribution in [2.45, 2.75) is 234 Å². The van der Waals surface area contributed by atoms with Crippen molar-refractivity contribution in [3.05, 3.63) is 11.6 Å². The number of amides is 1. The first-order chi connectivity index (χ1) is 34.1. The molecule has 72 heavy (non-hydrogen) atoms. The van der Waals surface area contributed by atoms with E-state index in [2.05, 4.69) is 46.0 Å². The fourth-order valence-corrected chi connectivity index (χ4v) is 14.8. The fourth-order valence-electron chi connectivity index (χ4n) is 14.8. The molecule has 12 unspecified atom stereocenters. The minimum atomic E-state index is -1.70. The molecule has 8 rings (SSSR count). The monoisotopic (exact) mass is 1030 g/mol. The summed E-state index contributed by atoms with van der Waals surface area (Å²) in [5, 5.41) is 88.5. The normalized spacial score (nSPS) is 49.9. The van der Waals surface area contributed by atoms with Crippen LogP contribution in [0.25, 0.3) is 0 Å². The zero-order chi connectivity index (χ0) is 52.1. The standard InChI is InChI=1S/C51H89N5O16/c1-22(2)7-6-8-23(3)27-11-12-28-26-10-9-24-17-25(13-15-50(24,4)29(26)14-16-51(27,28)5)66-49(65)56-19-32-38(60)40(62)35(54)46(67-32)71-44-34(21-58)69-48(42(44)64)72-45-37(59)30(52)18-31(53)43(45)70-47-36(55)41(63)39(61)33(20-57)68-47/h9,22-23,25-48,57-64H,6-8,10-21,52-55H2,1-5H3,(H,56,65)/t23-,25?,26?,27?,28?,29?,30-,31?,32?,33?,34-,35-,36?,37?,38-,39-,40?,41-,42?,43-,44+,45-,46-,47-,48+,50+,51-/m1/s1. The van der Waals surface area contributed by atoms with Gasteiger partial charge in [0.25, 0.3) is 0 Å². The Labute approximate surface area is 423 Å². The van der Waals surface area contributed by atoms with Crippen LogP contribution in [-0.2, 0) is 33.2 Å². The molecular formula is C51H89N5O16. The van der Waals surface area contributed by atoms with E-state index in [1.807, 2.05) is 0 Å². The van der Waals surface area contributed by atoms with Crippen LogP contribution >= 0.6 is 0 Å². The van der Waals surface area contributed by atoms with E-state index in [9.17, 15) is 45.6 Å². The van der Waals surface area contributed by atoms with Crippen molar-refractivity contribution in [3.63, 3.8) is 0 Å². The Morgan fingerprint density at radius 3 is 2.00 bits per heavy atom. The van der Waals surface area contributed by atoms with Gasteiger partial charge in [-0.1, -0.05) is 65.5 Å². The highest BCUT2D eigenvalue weighted by Gasteiger charge is 2.60. The van der Waals surface area contributed by atoms with Crippen molar-refractivity contribution in [2.24, 2.45) is 69.3 Å². The van der Waals surface area contributed by atoms with Gasteiger partial charge in [-0.15, -0.1) is 0 Å². The van der Waals surface area contributed by atoms with Gasteiger partial charge in [-0.25, -0.2) is 4.79 Å². The number of hydrogen-bond donors (Lipinski definition) is 13. The summed E-state index contributed by atoms with van der Waals surface area (Å²) in [6, 6.07) is -4.53. The molecule has 3 heterocycles. The summed E-state index contributed by atoms with van der Waals surface area (Å²) < 4.78 is 41.7. The van der Waals surface area contributed by atoms with Gasteiger partial charge in [-0.2, -0.15) is 0 Å². The summed E-state index contributed by atoms with van der Waals surface area (Å²) in [6.07, 6.45) is -7.80. The SMILES string of the molecule is CC(C)CCC[C@@H](C)C1CCC2C3CC=C4CC(OC(=O)NCC5O[C@H](O[C@@H]6C(O)[C@H](O[C@@H]7C(O)[C@H](N)CC(N)[C@H]7O[C@H]7OC(CO)[C@@H](O)[C@H](O)C7N)O[C@@H]6CO)[C@H](N)C(O)[C@@H]5O)CC[C@]4(C)C3CC[C@@]21C. The first-order valence-electron chi connectivity index (χ1n) is 27.0. The van der Waals surface area contributed by atoms with Crippen LogP contribution in [-0.4, -0.2) is 189 Å². The molecule has 0 aromatic rings. The lowest BCUT2D eigenvalue weighted by Gasteiger charge is -2.58. The molecule has 4 saturated carbocycles. The lowest BCUT2D eigenvalue weighted by atomic mass is 9.47. The van der Waals surface area contributed by atoms with Crippen molar-refractivity contribution in [2.75, 3.05) is 19.8 Å². The molecule has 7 fully saturated rings. The summed E-state index contributed by atoms with van der Waals surface area (Å²) in [5.74, 6) is 4.34. The number of alkyl carbamates (subject to hydrolysis) is 1. The van der Waals surface area contributed by atoms with Crippen molar-refractivity contribution >= 4 is 6.09 Å². The number of nitrogens with one attached hydrogen (secondary N) is 1.